The fourth-order valence-corrected chi connectivity index (χ4v) is 2.39. The molecule has 0 radical (unpaired) electrons. The van der Waals surface area contributed by atoms with E-state index in [9.17, 15) is 18.3 Å². The van der Waals surface area contributed by atoms with E-state index in [4.69, 9.17) is 0 Å². The van der Waals surface area contributed by atoms with Gasteiger partial charge in [-0.3, -0.25) is 4.90 Å². The van der Waals surface area contributed by atoms with Crippen molar-refractivity contribution in [2.24, 2.45) is 0 Å². The van der Waals surface area contributed by atoms with Crippen molar-refractivity contribution in [3.63, 3.8) is 0 Å². The maximum absolute atomic E-state index is 12.3. The number of nitrogens with zero attached hydrogens (tertiary/aromatic N) is 1. The number of alkyl halides is 3. The van der Waals surface area contributed by atoms with Crippen LogP contribution in [-0.2, 0) is 0 Å². The van der Waals surface area contributed by atoms with Crippen molar-refractivity contribution in [2.45, 2.75) is 50.8 Å². The third-order valence-corrected chi connectivity index (χ3v) is 2.99. The van der Waals surface area contributed by atoms with E-state index in [0.717, 1.165) is 12.8 Å². The highest BCUT2D eigenvalue weighted by molar-refractivity contribution is 4.87. The lowest BCUT2D eigenvalue weighted by molar-refractivity contribution is -0.152. The third-order valence-electron chi connectivity index (χ3n) is 2.99. The Kier molecular flexibility index (Phi) is 4.62. The topological polar surface area (TPSA) is 23.5 Å². The standard InChI is InChI=1S/C11H20F3NO/c1-2-7-15(9-11(12,13)14)8-10(16)5-3-4-6-10/h16H,2-9H2,1H3. The minimum Gasteiger partial charge on any atom is -0.389 e. The highest BCUT2D eigenvalue weighted by atomic mass is 19.4. The van der Waals surface area contributed by atoms with Gasteiger partial charge < -0.3 is 5.11 Å². The van der Waals surface area contributed by atoms with Crippen LogP contribution in [0.1, 0.15) is 39.0 Å². The smallest absolute Gasteiger partial charge is 0.389 e. The molecule has 0 heterocycles. The van der Waals surface area contributed by atoms with Crippen LogP contribution in [0.2, 0.25) is 0 Å². The first-order valence-electron chi connectivity index (χ1n) is 5.86. The summed E-state index contributed by atoms with van der Waals surface area (Å²) >= 11 is 0. The van der Waals surface area contributed by atoms with Gasteiger partial charge in [-0.1, -0.05) is 19.8 Å². The van der Waals surface area contributed by atoms with Crippen LogP contribution in [0.4, 0.5) is 13.2 Å². The lowest BCUT2D eigenvalue weighted by Crippen LogP contribution is -2.45. The van der Waals surface area contributed by atoms with Gasteiger partial charge in [0.15, 0.2) is 0 Å². The van der Waals surface area contributed by atoms with Gasteiger partial charge in [0.1, 0.15) is 0 Å². The van der Waals surface area contributed by atoms with Crippen LogP contribution in [0, 0.1) is 0 Å². The Morgan fingerprint density at radius 1 is 1.25 bits per heavy atom. The summed E-state index contributed by atoms with van der Waals surface area (Å²) < 4.78 is 36.9. The van der Waals surface area contributed by atoms with Gasteiger partial charge in [0, 0.05) is 6.54 Å². The van der Waals surface area contributed by atoms with Crippen molar-refractivity contribution in [1.29, 1.82) is 0 Å². The summed E-state index contributed by atoms with van der Waals surface area (Å²) in [6, 6.07) is 0. The SMILES string of the molecule is CCCN(CC(F)(F)F)CC1(O)CCCC1. The summed E-state index contributed by atoms with van der Waals surface area (Å²) in [5.41, 5.74) is -0.888. The number of rotatable bonds is 5. The Hall–Kier alpha value is -0.290. The molecule has 0 saturated heterocycles. The van der Waals surface area contributed by atoms with E-state index in [1.54, 1.807) is 0 Å². The second-order valence-electron chi connectivity index (χ2n) is 4.76. The zero-order valence-electron chi connectivity index (χ0n) is 9.69. The molecule has 1 N–H and O–H groups in total. The molecule has 1 aliphatic carbocycles. The average Bonchev–Trinajstić information content (AvgIpc) is 2.49. The second-order valence-corrected chi connectivity index (χ2v) is 4.76. The highest BCUT2D eigenvalue weighted by Gasteiger charge is 2.37. The third kappa shape index (κ3) is 4.70. The van der Waals surface area contributed by atoms with Crippen LogP contribution in [0.5, 0.6) is 0 Å². The Morgan fingerprint density at radius 2 is 1.81 bits per heavy atom. The Balaban J connectivity index is 2.50. The predicted molar refractivity (Wildman–Crippen MR) is 56.2 cm³/mol. The molecule has 1 fully saturated rings. The molecule has 96 valence electrons. The van der Waals surface area contributed by atoms with Crippen LogP contribution in [-0.4, -0.2) is 41.4 Å². The van der Waals surface area contributed by atoms with Crippen molar-refractivity contribution in [3.8, 4) is 0 Å². The van der Waals surface area contributed by atoms with Crippen molar-refractivity contribution in [2.75, 3.05) is 19.6 Å². The van der Waals surface area contributed by atoms with Crippen LogP contribution in [0.15, 0.2) is 0 Å². The molecule has 1 aliphatic rings. The number of halogens is 3. The Bertz CT molecular complexity index is 212. The van der Waals surface area contributed by atoms with Crippen molar-refractivity contribution in [3.05, 3.63) is 0 Å². The Labute approximate surface area is 94.4 Å². The van der Waals surface area contributed by atoms with Gasteiger partial charge in [-0.2, -0.15) is 13.2 Å². The average molecular weight is 239 g/mol. The summed E-state index contributed by atoms with van der Waals surface area (Å²) in [6.07, 6.45) is -0.405. The van der Waals surface area contributed by atoms with E-state index < -0.39 is 18.3 Å². The van der Waals surface area contributed by atoms with Gasteiger partial charge in [-0.05, 0) is 25.8 Å². The van der Waals surface area contributed by atoms with Crippen LogP contribution in [0.25, 0.3) is 0 Å². The molecule has 0 aromatic carbocycles. The first kappa shape index (κ1) is 13.8. The van der Waals surface area contributed by atoms with Crippen molar-refractivity contribution in [1.82, 2.24) is 4.90 Å². The minimum absolute atomic E-state index is 0.153. The molecule has 1 rings (SSSR count). The highest BCUT2D eigenvalue weighted by Crippen LogP contribution is 2.31. The van der Waals surface area contributed by atoms with Crippen LogP contribution in [0.3, 0.4) is 0 Å². The van der Waals surface area contributed by atoms with Gasteiger partial charge >= 0.3 is 6.18 Å². The maximum Gasteiger partial charge on any atom is 0.401 e. The molecule has 2 nitrogen and oxygen atoms in total. The van der Waals surface area contributed by atoms with Crippen molar-refractivity contribution >= 4 is 0 Å². The van der Waals surface area contributed by atoms with E-state index in [0.29, 0.717) is 25.8 Å². The Morgan fingerprint density at radius 3 is 2.25 bits per heavy atom. The number of hydrogen-bond acceptors (Lipinski definition) is 2. The first-order valence-corrected chi connectivity index (χ1v) is 5.86. The second kappa shape index (κ2) is 5.36. The molecule has 16 heavy (non-hydrogen) atoms. The predicted octanol–water partition coefficient (Wildman–Crippen LogP) is 2.57. The lowest BCUT2D eigenvalue weighted by atomic mass is 10.0. The van der Waals surface area contributed by atoms with Gasteiger partial charge in [0.05, 0.1) is 12.1 Å². The number of hydrogen-bond donors (Lipinski definition) is 1. The normalized spacial score (nSPS) is 20.6. The van der Waals surface area contributed by atoms with Gasteiger partial charge in [0.2, 0.25) is 0 Å². The van der Waals surface area contributed by atoms with Crippen molar-refractivity contribution < 1.29 is 18.3 Å². The molecule has 0 unspecified atom stereocenters. The van der Waals surface area contributed by atoms with Crippen LogP contribution >= 0.6 is 0 Å². The molecule has 0 bridgehead atoms. The molecule has 0 aliphatic heterocycles. The largest absolute Gasteiger partial charge is 0.401 e. The summed E-state index contributed by atoms with van der Waals surface area (Å²) in [7, 11) is 0. The van der Waals surface area contributed by atoms with Gasteiger partial charge in [-0.15, -0.1) is 0 Å². The quantitative estimate of drug-likeness (QED) is 0.797. The van der Waals surface area contributed by atoms with E-state index >= 15 is 0 Å². The molecule has 1 saturated carbocycles. The lowest BCUT2D eigenvalue weighted by Gasteiger charge is -2.31. The molecule has 5 heteroatoms. The molecule has 0 aromatic rings. The summed E-state index contributed by atoms with van der Waals surface area (Å²) in [5, 5.41) is 10.1. The molecular formula is C11H20F3NO. The molecule has 0 amide bonds. The van der Waals surface area contributed by atoms with Gasteiger partial charge in [0.25, 0.3) is 0 Å². The first-order chi connectivity index (χ1) is 7.35. The fourth-order valence-electron chi connectivity index (χ4n) is 2.39. The van der Waals surface area contributed by atoms with E-state index in [1.807, 2.05) is 6.92 Å². The minimum atomic E-state index is -4.18. The monoisotopic (exact) mass is 239 g/mol. The molecular weight excluding hydrogens is 219 g/mol. The summed E-state index contributed by atoms with van der Waals surface area (Å²) in [5.74, 6) is 0. The van der Waals surface area contributed by atoms with E-state index in [2.05, 4.69) is 0 Å². The fraction of sp³-hybridized carbons (Fsp3) is 1.00. The summed E-state index contributed by atoms with van der Waals surface area (Å²) in [4.78, 5) is 1.32. The number of aliphatic hydroxyl groups is 1. The molecule has 0 spiro atoms. The van der Waals surface area contributed by atoms with E-state index in [1.165, 1.54) is 4.90 Å². The maximum atomic E-state index is 12.3. The molecule has 0 aromatic heterocycles. The summed E-state index contributed by atoms with van der Waals surface area (Å²) in [6.45, 7) is 1.48. The zero-order valence-corrected chi connectivity index (χ0v) is 9.69. The van der Waals surface area contributed by atoms with Gasteiger partial charge in [-0.25, -0.2) is 0 Å². The van der Waals surface area contributed by atoms with Crippen LogP contribution < -0.4 is 0 Å². The zero-order chi connectivity index (χ0) is 12.2. The van der Waals surface area contributed by atoms with E-state index in [-0.39, 0.29) is 6.54 Å². The molecule has 0 atom stereocenters.